The standard InChI is InChI=1S/C13H16FN3O4/c1-7(10-3-2-6-21-10)16-13(18)11-8(14)4-5-9(12(11)15)17(19)20/h4-5,7,10H,2-3,6,15H2,1H3,(H,16,18). The minimum absolute atomic E-state index is 0.142. The molecule has 3 N–H and O–H groups in total. The van der Waals surface area contributed by atoms with Crippen molar-refractivity contribution in [3.63, 3.8) is 0 Å². The molecule has 0 bridgehead atoms. The second kappa shape index (κ2) is 6.04. The van der Waals surface area contributed by atoms with Crippen LogP contribution in [0.15, 0.2) is 12.1 Å². The zero-order valence-corrected chi connectivity index (χ0v) is 11.5. The van der Waals surface area contributed by atoms with Crippen molar-refractivity contribution in [1.82, 2.24) is 5.32 Å². The number of ether oxygens (including phenoxy) is 1. The van der Waals surface area contributed by atoms with E-state index < -0.39 is 33.6 Å². The number of nitro benzene ring substituents is 1. The molecule has 2 atom stereocenters. The Morgan fingerprint density at radius 3 is 2.90 bits per heavy atom. The summed E-state index contributed by atoms with van der Waals surface area (Å²) in [4.78, 5) is 22.2. The van der Waals surface area contributed by atoms with Gasteiger partial charge in [0, 0.05) is 12.7 Å². The Bertz CT molecular complexity index is 573. The first kappa shape index (κ1) is 15.2. The first-order valence-electron chi connectivity index (χ1n) is 6.56. The molecule has 1 amide bonds. The van der Waals surface area contributed by atoms with Gasteiger partial charge in [0.25, 0.3) is 11.6 Å². The number of nitrogen functional groups attached to an aromatic ring is 1. The SMILES string of the molecule is CC(NC(=O)c1c(F)ccc([N+](=O)[O-])c1N)C1CCCO1. The molecule has 1 heterocycles. The zero-order chi connectivity index (χ0) is 15.6. The molecule has 2 rings (SSSR count). The smallest absolute Gasteiger partial charge is 0.293 e. The maximum atomic E-state index is 13.8. The van der Waals surface area contributed by atoms with Crippen LogP contribution in [0.2, 0.25) is 0 Å². The first-order valence-corrected chi connectivity index (χ1v) is 6.56. The Labute approximate surface area is 120 Å². The van der Waals surface area contributed by atoms with Gasteiger partial charge in [0.05, 0.1) is 17.1 Å². The van der Waals surface area contributed by atoms with Crippen molar-refractivity contribution in [3.8, 4) is 0 Å². The van der Waals surface area contributed by atoms with E-state index in [4.69, 9.17) is 10.5 Å². The summed E-state index contributed by atoms with van der Waals surface area (Å²) in [6, 6.07) is 1.46. The summed E-state index contributed by atoms with van der Waals surface area (Å²) in [5.74, 6) is -1.67. The summed E-state index contributed by atoms with van der Waals surface area (Å²) < 4.78 is 19.2. The summed E-state index contributed by atoms with van der Waals surface area (Å²) in [5, 5.41) is 13.4. The Hall–Kier alpha value is -2.22. The fourth-order valence-corrected chi connectivity index (χ4v) is 2.34. The van der Waals surface area contributed by atoms with Crippen molar-refractivity contribution in [2.45, 2.75) is 31.9 Å². The highest BCUT2D eigenvalue weighted by molar-refractivity contribution is 6.01. The molecule has 21 heavy (non-hydrogen) atoms. The number of nitrogens with two attached hydrogens (primary N) is 1. The average Bonchev–Trinajstić information content (AvgIpc) is 2.91. The van der Waals surface area contributed by atoms with E-state index >= 15 is 0 Å². The number of carbonyl (C=O) groups is 1. The van der Waals surface area contributed by atoms with Gasteiger partial charge in [-0.2, -0.15) is 0 Å². The largest absolute Gasteiger partial charge is 0.392 e. The summed E-state index contributed by atoms with van der Waals surface area (Å²) in [5.41, 5.74) is 4.07. The van der Waals surface area contributed by atoms with Gasteiger partial charge in [0.15, 0.2) is 0 Å². The molecule has 2 unspecified atom stereocenters. The van der Waals surface area contributed by atoms with Crippen LogP contribution in [-0.4, -0.2) is 29.6 Å². The van der Waals surface area contributed by atoms with Gasteiger partial charge < -0.3 is 15.8 Å². The lowest BCUT2D eigenvalue weighted by Crippen LogP contribution is -2.41. The van der Waals surface area contributed by atoms with Gasteiger partial charge in [0.1, 0.15) is 17.1 Å². The monoisotopic (exact) mass is 297 g/mol. The Balaban J connectivity index is 2.22. The van der Waals surface area contributed by atoms with Gasteiger partial charge >= 0.3 is 0 Å². The third-order valence-corrected chi connectivity index (χ3v) is 3.48. The molecule has 7 nitrogen and oxygen atoms in total. The van der Waals surface area contributed by atoms with E-state index in [0.717, 1.165) is 25.0 Å². The van der Waals surface area contributed by atoms with Gasteiger partial charge in [-0.05, 0) is 25.8 Å². The average molecular weight is 297 g/mol. The predicted molar refractivity (Wildman–Crippen MR) is 73.4 cm³/mol. The van der Waals surface area contributed by atoms with E-state index in [1.54, 1.807) is 6.92 Å². The summed E-state index contributed by atoms with van der Waals surface area (Å²) in [6.45, 7) is 2.36. The Morgan fingerprint density at radius 2 is 2.33 bits per heavy atom. The number of carbonyl (C=O) groups excluding carboxylic acids is 1. The molecular weight excluding hydrogens is 281 g/mol. The number of nitro groups is 1. The number of halogens is 1. The lowest BCUT2D eigenvalue weighted by atomic mass is 10.1. The van der Waals surface area contributed by atoms with Crippen molar-refractivity contribution >= 4 is 17.3 Å². The normalized spacial score (nSPS) is 19.2. The van der Waals surface area contributed by atoms with Gasteiger partial charge in [-0.3, -0.25) is 14.9 Å². The lowest BCUT2D eigenvalue weighted by Gasteiger charge is -2.20. The highest BCUT2D eigenvalue weighted by Crippen LogP contribution is 2.27. The number of benzene rings is 1. The topological polar surface area (TPSA) is 107 Å². The van der Waals surface area contributed by atoms with Crippen LogP contribution in [0.25, 0.3) is 0 Å². The van der Waals surface area contributed by atoms with Crippen LogP contribution in [-0.2, 0) is 4.74 Å². The van der Waals surface area contributed by atoms with Crippen molar-refractivity contribution in [2.24, 2.45) is 0 Å². The predicted octanol–water partition coefficient (Wildman–Crippen LogP) is 1.61. The highest BCUT2D eigenvalue weighted by atomic mass is 19.1. The van der Waals surface area contributed by atoms with Crippen LogP contribution in [0, 0.1) is 15.9 Å². The summed E-state index contributed by atoms with van der Waals surface area (Å²) >= 11 is 0. The van der Waals surface area contributed by atoms with Crippen molar-refractivity contribution in [3.05, 3.63) is 33.6 Å². The fraction of sp³-hybridized carbons (Fsp3) is 0.462. The number of nitrogens with zero attached hydrogens (tertiary/aromatic N) is 1. The molecule has 1 fully saturated rings. The zero-order valence-electron chi connectivity index (χ0n) is 11.5. The van der Waals surface area contributed by atoms with E-state index in [1.807, 2.05) is 0 Å². The van der Waals surface area contributed by atoms with Crippen LogP contribution in [0.3, 0.4) is 0 Å². The van der Waals surface area contributed by atoms with Crippen LogP contribution in [0.1, 0.15) is 30.1 Å². The molecule has 8 heteroatoms. The van der Waals surface area contributed by atoms with E-state index in [0.29, 0.717) is 6.61 Å². The maximum absolute atomic E-state index is 13.8. The molecule has 1 aliphatic heterocycles. The van der Waals surface area contributed by atoms with Crippen LogP contribution < -0.4 is 11.1 Å². The molecule has 0 aliphatic carbocycles. The molecule has 114 valence electrons. The van der Waals surface area contributed by atoms with Gasteiger partial charge in [-0.1, -0.05) is 0 Å². The summed E-state index contributed by atoms with van der Waals surface area (Å²) in [7, 11) is 0. The number of nitrogens with one attached hydrogen (secondary N) is 1. The maximum Gasteiger partial charge on any atom is 0.293 e. The highest BCUT2D eigenvalue weighted by Gasteiger charge is 2.28. The minimum Gasteiger partial charge on any atom is -0.392 e. The van der Waals surface area contributed by atoms with Gasteiger partial charge in [-0.25, -0.2) is 4.39 Å². The van der Waals surface area contributed by atoms with E-state index in [1.165, 1.54) is 0 Å². The molecule has 0 saturated carbocycles. The quantitative estimate of drug-likeness (QED) is 0.499. The van der Waals surface area contributed by atoms with E-state index in [-0.39, 0.29) is 12.1 Å². The lowest BCUT2D eigenvalue weighted by molar-refractivity contribution is -0.384. The number of amides is 1. The third-order valence-electron chi connectivity index (χ3n) is 3.48. The first-order chi connectivity index (χ1) is 9.91. The summed E-state index contributed by atoms with van der Waals surface area (Å²) in [6.07, 6.45) is 1.56. The molecule has 0 spiro atoms. The van der Waals surface area contributed by atoms with Crippen LogP contribution >= 0.6 is 0 Å². The number of hydrogen-bond acceptors (Lipinski definition) is 5. The third kappa shape index (κ3) is 3.10. The number of anilines is 1. The van der Waals surface area contributed by atoms with Gasteiger partial charge in [-0.15, -0.1) is 0 Å². The van der Waals surface area contributed by atoms with E-state index in [9.17, 15) is 19.3 Å². The number of rotatable bonds is 4. The van der Waals surface area contributed by atoms with Crippen molar-refractivity contribution in [1.29, 1.82) is 0 Å². The van der Waals surface area contributed by atoms with Crippen molar-refractivity contribution < 1.29 is 18.8 Å². The fourth-order valence-electron chi connectivity index (χ4n) is 2.34. The molecule has 0 radical (unpaired) electrons. The molecular formula is C13H16FN3O4. The molecule has 1 aliphatic rings. The number of hydrogen-bond donors (Lipinski definition) is 2. The Kier molecular flexibility index (Phi) is 4.37. The minimum atomic E-state index is -0.893. The van der Waals surface area contributed by atoms with Crippen molar-refractivity contribution in [2.75, 3.05) is 12.3 Å². The second-order valence-electron chi connectivity index (χ2n) is 4.93. The molecule has 1 aromatic rings. The van der Waals surface area contributed by atoms with Crippen LogP contribution in [0.4, 0.5) is 15.8 Å². The second-order valence-corrected chi connectivity index (χ2v) is 4.93. The van der Waals surface area contributed by atoms with Crippen LogP contribution in [0.5, 0.6) is 0 Å². The molecule has 0 aromatic heterocycles. The Morgan fingerprint density at radius 1 is 1.62 bits per heavy atom. The van der Waals surface area contributed by atoms with Gasteiger partial charge in [0.2, 0.25) is 0 Å². The molecule has 1 aromatic carbocycles. The molecule has 1 saturated heterocycles. The van der Waals surface area contributed by atoms with E-state index in [2.05, 4.69) is 5.32 Å².